The van der Waals surface area contributed by atoms with Crippen LogP contribution in [0.1, 0.15) is 0 Å². The van der Waals surface area contributed by atoms with E-state index < -0.39 is 5.82 Å². The number of nitrogens with one attached hydrogen (secondary N) is 2. The fraction of sp³-hybridized carbons (Fsp3) is 0.150. The highest BCUT2D eigenvalue weighted by molar-refractivity contribution is 7.19. The smallest absolute Gasteiger partial charge is 0.165 e. The quantitative estimate of drug-likeness (QED) is 0.458. The van der Waals surface area contributed by atoms with Crippen LogP contribution in [0.2, 0.25) is 0 Å². The number of methoxy groups -OCH3 is 1. The number of rotatable bonds is 6. The summed E-state index contributed by atoms with van der Waals surface area (Å²) in [6.45, 7) is 0.599. The van der Waals surface area contributed by atoms with E-state index in [1.807, 2.05) is 36.7 Å². The zero-order chi connectivity index (χ0) is 18.8. The number of hydrogen-bond acceptors (Lipinski definition) is 5. The molecular weight excluding hydrogens is 365 g/mol. The summed E-state index contributed by atoms with van der Waals surface area (Å²) in [5, 5.41) is 14.0. The van der Waals surface area contributed by atoms with Crippen molar-refractivity contribution in [3.8, 4) is 27.3 Å². The average Bonchev–Trinajstić information content (AvgIpc) is 3.32. The van der Waals surface area contributed by atoms with Crippen molar-refractivity contribution < 1.29 is 14.2 Å². The SMILES string of the molecule is COc1c(F)cccc1-c1c[nH]c2ncc(-c3ccc(NCCO)s3)cc12. The number of H-pyrrole nitrogens is 1. The Morgan fingerprint density at radius 2 is 2.15 bits per heavy atom. The number of fused-ring (bicyclic) bond motifs is 1. The van der Waals surface area contributed by atoms with Crippen LogP contribution in [0.5, 0.6) is 5.75 Å². The Hall–Kier alpha value is -2.90. The first-order chi connectivity index (χ1) is 13.2. The molecular formula is C20H18FN3O2S. The number of aromatic amines is 1. The first kappa shape index (κ1) is 17.5. The van der Waals surface area contributed by atoms with Gasteiger partial charge in [0.2, 0.25) is 0 Å². The molecule has 0 bridgehead atoms. The Labute approximate surface area is 159 Å². The molecule has 4 rings (SSSR count). The predicted molar refractivity (Wildman–Crippen MR) is 107 cm³/mol. The molecule has 3 heterocycles. The van der Waals surface area contributed by atoms with Gasteiger partial charge in [0, 0.05) is 45.9 Å². The largest absolute Gasteiger partial charge is 0.493 e. The lowest BCUT2D eigenvalue weighted by Crippen LogP contribution is -2.03. The maximum Gasteiger partial charge on any atom is 0.165 e. The summed E-state index contributed by atoms with van der Waals surface area (Å²) in [4.78, 5) is 8.71. The third kappa shape index (κ3) is 3.27. The van der Waals surface area contributed by atoms with Crippen LogP contribution < -0.4 is 10.1 Å². The average molecular weight is 383 g/mol. The molecule has 0 amide bonds. The van der Waals surface area contributed by atoms with Gasteiger partial charge in [-0.25, -0.2) is 9.37 Å². The topological polar surface area (TPSA) is 70.2 Å². The number of benzene rings is 1. The van der Waals surface area contributed by atoms with E-state index >= 15 is 0 Å². The van der Waals surface area contributed by atoms with E-state index in [1.165, 1.54) is 13.2 Å². The van der Waals surface area contributed by atoms with Gasteiger partial charge in [0.25, 0.3) is 0 Å². The van der Waals surface area contributed by atoms with Gasteiger partial charge in [-0.2, -0.15) is 0 Å². The molecule has 0 spiro atoms. The molecule has 0 aliphatic rings. The fourth-order valence-electron chi connectivity index (χ4n) is 3.06. The summed E-state index contributed by atoms with van der Waals surface area (Å²) in [6.07, 6.45) is 3.63. The molecule has 0 aliphatic heterocycles. The fourth-order valence-corrected chi connectivity index (χ4v) is 3.97. The third-order valence-corrected chi connectivity index (χ3v) is 5.39. The van der Waals surface area contributed by atoms with E-state index in [0.29, 0.717) is 12.1 Å². The van der Waals surface area contributed by atoms with Crippen molar-refractivity contribution in [2.75, 3.05) is 25.6 Å². The van der Waals surface area contributed by atoms with E-state index in [2.05, 4.69) is 15.3 Å². The highest BCUT2D eigenvalue weighted by Gasteiger charge is 2.16. The number of nitrogens with zero attached hydrogens (tertiary/aromatic N) is 1. The molecule has 4 aromatic rings. The van der Waals surface area contributed by atoms with Crippen LogP contribution in [-0.2, 0) is 0 Å². The molecule has 27 heavy (non-hydrogen) atoms. The lowest BCUT2D eigenvalue weighted by molar-refractivity contribution is 0.311. The van der Waals surface area contributed by atoms with Gasteiger partial charge in [-0.05, 0) is 24.3 Å². The van der Waals surface area contributed by atoms with E-state index in [1.54, 1.807) is 17.4 Å². The van der Waals surface area contributed by atoms with Crippen molar-refractivity contribution in [2.45, 2.75) is 0 Å². The Balaban J connectivity index is 1.78. The third-order valence-electron chi connectivity index (χ3n) is 4.29. The molecule has 138 valence electrons. The highest BCUT2D eigenvalue weighted by Crippen LogP contribution is 2.38. The molecule has 0 saturated carbocycles. The van der Waals surface area contributed by atoms with Crippen LogP contribution in [0.15, 0.2) is 48.8 Å². The van der Waals surface area contributed by atoms with Crippen molar-refractivity contribution in [3.05, 3.63) is 54.6 Å². The van der Waals surface area contributed by atoms with Gasteiger partial charge >= 0.3 is 0 Å². The van der Waals surface area contributed by atoms with Gasteiger partial charge in [0.15, 0.2) is 11.6 Å². The molecule has 0 atom stereocenters. The maximum absolute atomic E-state index is 14.1. The summed E-state index contributed by atoms with van der Waals surface area (Å²) >= 11 is 1.59. The van der Waals surface area contributed by atoms with Crippen LogP contribution in [0.4, 0.5) is 9.39 Å². The van der Waals surface area contributed by atoms with Gasteiger partial charge in [0.05, 0.1) is 18.7 Å². The molecule has 0 fully saturated rings. The second kappa shape index (κ2) is 7.38. The summed E-state index contributed by atoms with van der Waals surface area (Å²) in [7, 11) is 1.47. The van der Waals surface area contributed by atoms with Gasteiger partial charge < -0.3 is 20.1 Å². The number of aromatic nitrogens is 2. The summed E-state index contributed by atoms with van der Waals surface area (Å²) in [5.41, 5.74) is 3.22. The molecule has 7 heteroatoms. The first-order valence-corrected chi connectivity index (χ1v) is 9.28. The number of thiophene rings is 1. The minimum atomic E-state index is -0.397. The van der Waals surface area contributed by atoms with Gasteiger partial charge in [-0.1, -0.05) is 12.1 Å². The van der Waals surface area contributed by atoms with Crippen LogP contribution in [-0.4, -0.2) is 35.3 Å². The Bertz CT molecular complexity index is 1090. The second-order valence-corrected chi connectivity index (χ2v) is 7.04. The maximum atomic E-state index is 14.1. The van der Waals surface area contributed by atoms with E-state index in [-0.39, 0.29) is 12.4 Å². The molecule has 0 radical (unpaired) electrons. The minimum absolute atomic E-state index is 0.0862. The number of hydrogen-bond donors (Lipinski definition) is 3. The predicted octanol–water partition coefficient (Wildman–Crippen LogP) is 4.51. The van der Waals surface area contributed by atoms with Crippen molar-refractivity contribution in [1.82, 2.24) is 9.97 Å². The van der Waals surface area contributed by atoms with Crippen LogP contribution >= 0.6 is 11.3 Å². The number of aliphatic hydroxyl groups excluding tert-OH is 1. The van der Waals surface area contributed by atoms with Crippen molar-refractivity contribution >= 4 is 27.4 Å². The zero-order valence-corrected chi connectivity index (χ0v) is 15.4. The monoisotopic (exact) mass is 383 g/mol. The highest BCUT2D eigenvalue weighted by atomic mass is 32.1. The number of halogens is 1. The number of para-hydroxylation sites is 1. The summed E-state index contributed by atoms with van der Waals surface area (Å²) < 4.78 is 19.4. The lowest BCUT2D eigenvalue weighted by atomic mass is 10.0. The Morgan fingerprint density at radius 1 is 1.26 bits per heavy atom. The molecule has 3 aromatic heterocycles. The van der Waals surface area contributed by atoms with Crippen LogP contribution in [0, 0.1) is 5.82 Å². The summed E-state index contributed by atoms with van der Waals surface area (Å²) in [5.74, 6) is -0.179. The van der Waals surface area contributed by atoms with E-state index in [9.17, 15) is 4.39 Å². The van der Waals surface area contributed by atoms with E-state index in [4.69, 9.17) is 9.84 Å². The first-order valence-electron chi connectivity index (χ1n) is 8.46. The summed E-state index contributed by atoms with van der Waals surface area (Å²) in [6, 6.07) is 10.9. The molecule has 0 saturated heterocycles. The lowest BCUT2D eigenvalue weighted by Gasteiger charge is -2.08. The Morgan fingerprint density at radius 3 is 2.96 bits per heavy atom. The molecule has 3 N–H and O–H groups in total. The number of ether oxygens (including phenoxy) is 1. The number of pyridine rings is 1. The minimum Gasteiger partial charge on any atom is -0.493 e. The van der Waals surface area contributed by atoms with Gasteiger partial charge in [0.1, 0.15) is 5.65 Å². The zero-order valence-electron chi connectivity index (χ0n) is 14.6. The number of aliphatic hydroxyl groups is 1. The molecule has 0 unspecified atom stereocenters. The normalized spacial score (nSPS) is 11.1. The van der Waals surface area contributed by atoms with Gasteiger partial charge in [-0.15, -0.1) is 11.3 Å². The van der Waals surface area contributed by atoms with Crippen molar-refractivity contribution in [3.63, 3.8) is 0 Å². The standard InChI is InChI=1S/C20H18FN3O2S/c1-26-19-13(3-2-4-16(19)21)15-11-24-20-14(15)9-12(10-23-20)17-5-6-18(27-17)22-7-8-25/h2-6,9-11,22,25H,7-8H2,1H3,(H,23,24). The van der Waals surface area contributed by atoms with Crippen LogP contribution in [0.3, 0.4) is 0 Å². The van der Waals surface area contributed by atoms with Gasteiger partial charge in [-0.3, -0.25) is 0 Å². The van der Waals surface area contributed by atoms with Crippen molar-refractivity contribution in [2.24, 2.45) is 0 Å². The molecule has 1 aromatic carbocycles. The second-order valence-electron chi connectivity index (χ2n) is 5.96. The van der Waals surface area contributed by atoms with Crippen LogP contribution in [0.25, 0.3) is 32.6 Å². The molecule has 0 aliphatic carbocycles. The molecule has 5 nitrogen and oxygen atoms in total. The Kier molecular flexibility index (Phi) is 4.79. The van der Waals surface area contributed by atoms with Crippen molar-refractivity contribution in [1.29, 1.82) is 0 Å². The number of anilines is 1. The van der Waals surface area contributed by atoms with E-state index in [0.717, 1.165) is 32.0 Å².